The maximum absolute atomic E-state index is 13.8. The number of carbonyl (C=O) groups is 1. The van der Waals surface area contributed by atoms with Gasteiger partial charge in [0.15, 0.2) is 0 Å². The number of sulfonamides is 1. The van der Waals surface area contributed by atoms with Crippen molar-refractivity contribution in [2.45, 2.75) is 76.3 Å². The van der Waals surface area contributed by atoms with Crippen molar-refractivity contribution in [3.05, 3.63) is 60.2 Å². The van der Waals surface area contributed by atoms with Crippen LogP contribution in [0.4, 0.5) is 0 Å². The summed E-state index contributed by atoms with van der Waals surface area (Å²) in [5.74, 6) is 0.506. The molecule has 2 aromatic carbocycles. The molecule has 0 spiro atoms. The number of benzene rings is 2. The number of rotatable bonds is 16. The first kappa shape index (κ1) is 32.1. The van der Waals surface area contributed by atoms with E-state index in [0.717, 1.165) is 31.2 Å². The van der Waals surface area contributed by atoms with Gasteiger partial charge >= 0.3 is 0 Å². The molecule has 0 radical (unpaired) electrons. The monoisotopic (exact) mass is 574 g/mol. The summed E-state index contributed by atoms with van der Waals surface area (Å²) in [5, 5.41) is 14.7. The molecule has 2 atom stereocenters. The van der Waals surface area contributed by atoms with E-state index < -0.39 is 27.6 Å². The van der Waals surface area contributed by atoms with Gasteiger partial charge < -0.3 is 19.9 Å². The highest BCUT2D eigenvalue weighted by molar-refractivity contribution is 7.89. The molecule has 2 N–H and O–H groups in total. The van der Waals surface area contributed by atoms with Crippen LogP contribution < -0.4 is 10.1 Å². The van der Waals surface area contributed by atoms with Gasteiger partial charge in [0.05, 0.1) is 29.6 Å². The lowest BCUT2D eigenvalue weighted by molar-refractivity contribution is -0.133. The number of ether oxygens (including phenoxy) is 2. The van der Waals surface area contributed by atoms with Crippen LogP contribution in [0, 0.1) is 11.3 Å². The Morgan fingerprint density at radius 2 is 1.70 bits per heavy atom. The second-order valence-corrected chi connectivity index (χ2v) is 13.1. The third-order valence-electron chi connectivity index (χ3n) is 7.71. The van der Waals surface area contributed by atoms with Crippen LogP contribution >= 0.6 is 0 Å². The molecule has 0 unspecified atom stereocenters. The van der Waals surface area contributed by atoms with E-state index in [1.54, 1.807) is 12.1 Å². The van der Waals surface area contributed by atoms with E-state index in [2.05, 4.69) is 5.32 Å². The van der Waals surface area contributed by atoms with E-state index in [1.165, 1.54) is 23.5 Å². The zero-order valence-corrected chi connectivity index (χ0v) is 25.2. The first-order chi connectivity index (χ1) is 19.1. The van der Waals surface area contributed by atoms with Crippen molar-refractivity contribution in [2.75, 3.05) is 33.4 Å². The Balaban J connectivity index is 1.87. The van der Waals surface area contributed by atoms with Crippen LogP contribution in [0.1, 0.15) is 58.4 Å². The molecule has 0 bridgehead atoms. The van der Waals surface area contributed by atoms with Crippen molar-refractivity contribution < 1.29 is 27.8 Å². The lowest BCUT2D eigenvalue weighted by Gasteiger charge is -2.34. The van der Waals surface area contributed by atoms with Gasteiger partial charge in [-0.25, -0.2) is 8.42 Å². The molecule has 2 aromatic rings. The fraction of sp³-hybridized carbons (Fsp3) is 0.581. The molecule has 3 rings (SSSR count). The highest BCUT2D eigenvalue weighted by atomic mass is 32.2. The van der Waals surface area contributed by atoms with Crippen LogP contribution in [0.15, 0.2) is 59.5 Å². The summed E-state index contributed by atoms with van der Waals surface area (Å²) in [5.41, 5.74) is 0.423. The number of hydrogen-bond donors (Lipinski definition) is 2. The Labute approximate surface area is 240 Å². The number of nitrogens with zero attached hydrogens (tertiary/aromatic N) is 1. The normalized spacial score (nSPS) is 16.7. The number of aliphatic hydroxyl groups is 1. The van der Waals surface area contributed by atoms with E-state index in [9.17, 15) is 18.3 Å². The third kappa shape index (κ3) is 8.52. The Kier molecular flexibility index (Phi) is 12.0. The van der Waals surface area contributed by atoms with Gasteiger partial charge in [0.25, 0.3) is 0 Å². The van der Waals surface area contributed by atoms with Gasteiger partial charge in [-0.05, 0) is 68.4 Å². The number of aliphatic hydroxyl groups excluding tert-OH is 1. The van der Waals surface area contributed by atoms with Crippen molar-refractivity contribution in [1.82, 2.24) is 9.62 Å². The minimum absolute atomic E-state index is 0.0303. The molecule has 0 heterocycles. The Bertz CT molecular complexity index is 1150. The van der Waals surface area contributed by atoms with Crippen molar-refractivity contribution in [3.63, 3.8) is 0 Å². The van der Waals surface area contributed by atoms with Gasteiger partial charge in [-0.1, -0.05) is 57.0 Å². The summed E-state index contributed by atoms with van der Waals surface area (Å²) >= 11 is 0. The largest absolute Gasteiger partial charge is 0.497 e. The topological polar surface area (TPSA) is 105 Å². The van der Waals surface area contributed by atoms with E-state index in [0.29, 0.717) is 31.8 Å². The number of hydrogen-bond acceptors (Lipinski definition) is 6. The predicted octanol–water partition coefficient (Wildman–Crippen LogP) is 4.42. The number of methoxy groups -OCH3 is 1. The molecule has 0 saturated heterocycles. The summed E-state index contributed by atoms with van der Waals surface area (Å²) in [7, 11) is -2.38. The Morgan fingerprint density at radius 3 is 2.27 bits per heavy atom. The van der Waals surface area contributed by atoms with Crippen molar-refractivity contribution in [2.24, 2.45) is 11.3 Å². The lowest BCUT2D eigenvalue weighted by atomic mass is 9.81. The first-order valence-corrected chi connectivity index (χ1v) is 15.8. The SMILES string of the molecule is CCOCCC1(C(=O)N[C@@H](Cc2ccccc2)[C@H](O)CN(CC(C)C)S(=O)(=O)c2ccc(OC)cc2)CCCC1. The Hall–Kier alpha value is -2.46. The first-order valence-electron chi connectivity index (χ1n) is 14.4. The minimum Gasteiger partial charge on any atom is -0.497 e. The maximum Gasteiger partial charge on any atom is 0.243 e. The summed E-state index contributed by atoms with van der Waals surface area (Å²) in [4.78, 5) is 13.9. The molecule has 40 heavy (non-hydrogen) atoms. The summed E-state index contributed by atoms with van der Waals surface area (Å²) in [6.45, 7) is 7.02. The molecule has 0 aromatic heterocycles. The average molecular weight is 575 g/mol. The fourth-order valence-corrected chi connectivity index (χ4v) is 7.06. The van der Waals surface area contributed by atoms with Crippen LogP contribution in [0.25, 0.3) is 0 Å². The van der Waals surface area contributed by atoms with Crippen LogP contribution in [0.5, 0.6) is 5.75 Å². The summed E-state index contributed by atoms with van der Waals surface area (Å²) in [6.07, 6.45) is 3.42. The van der Waals surface area contributed by atoms with Crippen LogP contribution in [-0.4, -0.2) is 69.3 Å². The zero-order valence-electron chi connectivity index (χ0n) is 24.3. The van der Waals surface area contributed by atoms with Crippen LogP contribution in [-0.2, 0) is 26.0 Å². The van der Waals surface area contributed by atoms with E-state index in [1.807, 2.05) is 51.1 Å². The molecule has 0 aliphatic heterocycles. The van der Waals surface area contributed by atoms with Gasteiger partial charge in [-0.15, -0.1) is 0 Å². The summed E-state index contributed by atoms with van der Waals surface area (Å²) in [6, 6.07) is 15.2. The second-order valence-electron chi connectivity index (χ2n) is 11.2. The highest BCUT2D eigenvalue weighted by Crippen LogP contribution is 2.41. The highest BCUT2D eigenvalue weighted by Gasteiger charge is 2.42. The van der Waals surface area contributed by atoms with E-state index in [-0.39, 0.29) is 29.8 Å². The molecule has 1 saturated carbocycles. The van der Waals surface area contributed by atoms with E-state index >= 15 is 0 Å². The maximum atomic E-state index is 13.8. The van der Waals surface area contributed by atoms with Gasteiger partial charge in [0.1, 0.15) is 5.75 Å². The summed E-state index contributed by atoms with van der Waals surface area (Å²) < 4.78 is 39.5. The molecule has 8 nitrogen and oxygen atoms in total. The quantitative estimate of drug-likeness (QED) is 0.288. The lowest BCUT2D eigenvalue weighted by Crippen LogP contribution is -2.54. The molecular formula is C31H46N2O6S. The molecular weight excluding hydrogens is 528 g/mol. The second kappa shape index (κ2) is 15.0. The molecule has 9 heteroatoms. The fourth-order valence-electron chi connectivity index (χ4n) is 5.44. The van der Waals surface area contributed by atoms with Crippen LogP contribution in [0.2, 0.25) is 0 Å². The van der Waals surface area contributed by atoms with Gasteiger partial charge in [0.2, 0.25) is 15.9 Å². The zero-order chi connectivity index (χ0) is 29.2. The van der Waals surface area contributed by atoms with Gasteiger partial charge in [0, 0.05) is 26.3 Å². The molecule has 1 aliphatic carbocycles. The van der Waals surface area contributed by atoms with Crippen molar-refractivity contribution >= 4 is 15.9 Å². The number of carbonyl (C=O) groups excluding carboxylic acids is 1. The minimum atomic E-state index is -3.91. The predicted molar refractivity (Wildman–Crippen MR) is 157 cm³/mol. The smallest absolute Gasteiger partial charge is 0.243 e. The molecule has 1 aliphatic rings. The molecule has 1 fully saturated rings. The Morgan fingerprint density at radius 1 is 1.05 bits per heavy atom. The van der Waals surface area contributed by atoms with E-state index in [4.69, 9.17) is 9.47 Å². The van der Waals surface area contributed by atoms with Crippen LogP contribution in [0.3, 0.4) is 0 Å². The van der Waals surface area contributed by atoms with Crippen molar-refractivity contribution in [1.29, 1.82) is 0 Å². The number of amides is 1. The van der Waals surface area contributed by atoms with Crippen molar-refractivity contribution in [3.8, 4) is 5.75 Å². The van der Waals surface area contributed by atoms with Gasteiger partial charge in [-0.3, -0.25) is 4.79 Å². The van der Waals surface area contributed by atoms with Gasteiger partial charge in [-0.2, -0.15) is 4.31 Å². The molecule has 222 valence electrons. The average Bonchev–Trinajstić information content (AvgIpc) is 3.43. The molecule has 1 amide bonds. The number of nitrogens with one attached hydrogen (secondary N) is 1. The standard InChI is InChI=1S/C31H46N2O6S/c1-5-39-20-19-31(17-9-10-18-31)30(35)32-28(21-25-11-7-6-8-12-25)29(34)23-33(22-24(2)3)40(36,37)27-15-13-26(38-4)14-16-27/h6-8,11-16,24,28-29,34H,5,9-10,17-23H2,1-4H3,(H,32,35)/t28-,29+/m0/s1. The third-order valence-corrected chi connectivity index (χ3v) is 9.55.